The number of carboxylic acid groups (broad SMARTS) is 1. The van der Waals surface area contributed by atoms with E-state index in [9.17, 15) is 34.5 Å². The Morgan fingerprint density at radius 2 is 1.97 bits per heavy atom. The Bertz CT molecular complexity index is 1090. The molecule has 0 bridgehead atoms. The first-order valence-corrected chi connectivity index (χ1v) is 12.2. The number of carbonyl (C=O) groups is 4. The highest BCUT2D eigenvalue weighted by atomic mass is 16.8. The number of hydrogen-bond donors (Lipinski definition) is 3. The number of carbonyl (C=O) groups excluding carboxylic acids is 3. The molecule has 6 fully saturated rings. The van der Waals surface area contributed by atoms with Gasteiger partial charge in [0.25, 0.3) is 0 Å². The minimum atomic E-state index is -2.33. The van der Waals surface area contributed by atoms with Crippen LogP contribution < -0.4 is 0 Å². The van der Waals surface area contributed by atoms with Gasteiger partial charge in [-0.25, -0.2) is 14.4 Å². The maximum absolute atomic E-state index is 13.7. The molecule has 12 nitrogen and oxygen atoms in total. The van der Waals surface area contributed by atoms with Gasteiger partial charge in [0.2, 0.25) is 11.9 Å². The number of fused-ring (bicyclic) bond motifs is 1. The van der Waals surface area contributed by atoms with Crippen LogP contribution in [0.3, 0.4) is 0 Å². The van der Waals surface area contributed by atoms with Crippen LogP contribution in [0.2, 0.25) is 0 Å². The van der Waals surface area contributed by atoms with Crippen molar-refractivity contribution in [1.29, 1.82) is 0 Å². The molecule has 0 aromatic heterocycles. The number of esters is 3. The molecular formula is C24H28O12. The smallest absolute Gasteiger partial charge is 0.343 e. The fraction of sp³-hybridized carbons (Fsp3) is 0.750. The molecule has 36 heavy (non-hydrogen) atoms. The first kappa shape index (κ1) is 23.8. The molecule has 3 N–H and O–H groups in total. The van der Waals surface area contributed by atoms with E-state index in [1.807, 2.05) is 6.92 Å². The van der Waals surface area contributed by atoms with Crippen molar-refractivity contribution in [3.63, 3.8) is 0 Å². The number of hydrogen-bond acceptors (Lipinski definition) is 11. The third-order valence-corrected chi connectivity index (χ3v) is 9.79. The van der Waals surface area contributed by atoms with Crippen molar-refractivity contribution in [3.8, 4) is 0 Å². The summed E-state index contributed by atoms with van der Waals surface area (Å²) in [7, 11) is 0. The van der Waals surface area contributed by atoms with Crippen molar-refractivity contribution in [2.75, 3.05) is 6.61 Å². The molecule has 2 spiro atoms. The highest BCUT2D eigenvalue weighted by molar-refractivity contribution is 5.94. The van der Waals surface area contributed by atoms with Gasteiger partial charge in [-0.2, -0.15) is 0 Å². The maximum atomic E-state index is 13.7. The standard InChI is InChI=1S/C24H28O12/c1-4-6-10(5-2)11-7-12-22-14(27)15-23(31,9(3)17(28)34-15)24(22,19(30)33-12)36-20-21(11,22)16(18(29)35-20)32-8-13(25)26/h5,9-12,14-16,20,27,31H,2,4,6-8H2,1,3H3,(H,25,26)/t9?,10?,11-,12?,14+,15+,16+,20+,21?,22+,23-,24+/m0/s1. The summed E-state index contributed by atoms with van der Waals surface area (Å²) in [6.07, 6.45) is -4.15. The van der Waals surface area contributed by atoms with Crippen molar-refractivity contribution in [2.45, 2.75) is 75.0 Å². The van der Waals surface area contributed by atoms with Gasteiger partial charge in [-0.05, 0) is 31.6 Å². The summed E-state index contributed by atoms with van der Waals surface area (Å²) in [6.45, 7) is 6.42. The molecule has 2 saturated carbocycles. The summed E-state index contributed by atoms with van der Waals surface area (Å²) in [5, 5.41) is 33.3. The lowest BCUT2D eigenvalue weighted by atomic mass is 9.52. The van der Waals surface area contributed by atoms with Gasteiger partial charge in [0, 0.05) is 0 Å². The van der Waals surface area contributed by atoms with E-state index >= 15 is 0 Å². The van der Waals surface area contributed by atoms with Crippen LogP contribution in [0.4, 0.5) is 0 Å². The second kappa shape index (κ2) is 7.06. The third kappa shape index (κ3) is 2.05. The molecule has 196 valence electrons. The second-order valence-corrected chi connectivity index (χ2v) is 10.7. The Balaban J connectivity index is 1.65. The zero-order chi connectivity index (χ0) is 26.0. The van der Waals surface area contributed by atoms with E-state index in [1.54, 1.807) is 6.08 Å². The minimum absolute atomic E-state index is 0.149. The topological polar surface area (TPSA) is 175 Å². The van der Waals surface area contributed by atoms with Crippen LogP contribution in [0.1, 0.15) is 33.1 Å². The van der Waals surface area contributed by atoms with Crippen molar-refractivity contribution in [2.24, 2.45) is 28.6 Å². The van der Waals surface area contributed by atoms with E-state index in [0.717, 1.165) is 6.42 Å². The van der Waals surface area contributed by atoms with Gasteiger partial charge < -0.3 is 39.0 Å². The van der Waals surface area contributed by atoms with Crippen LogP contribution in [0.25, 0.3) is 0 Å². The minimum Gasteiger partial charge on any atom is -0.480 e. The lowest BCUT2D eigenvalue weighted by molar-refractivity contribution is -0.239. The zero-order valence-corrected chi connectivity index (χ0v) is 19.7. The van der Waals surface area contributed by atoms with Gasteiger partial charge in [-0.1, -0.05) is 19.4 Å². The van der Waals surface area contributed by atoms with Gasteiger partial charge in [0.05, 0.1) is 16.7 Å². The van der Waals surface area contributed by atoms with E-state index in [1.165, 1.54) is 6.92 Å². The molecule has 12 heteroatoms. The number of ether oxygens (including phenoxy) is 5. The average Bonchev–Trinajstić information content (AvgIpc) is 3.53. The summed E-state index contributed by atoms with van der Waals surface area (Å²) in [6, 6.07) is 0. The molecule has 4 heterocycles. The SMILES string of the molecule is C=CC(CCC)[C@@H]1CC2OC(=O)[C@@]34O[C@H]5OC(=O)[C@@H](OCC(=O)O)C51[C@]23[C@H](O)[C@H]1OC(=O)C(C)[C@]14O. The highest BCUT2D eigenvalue weighted by Crippen LogP contribution is 2.84. The molecule has 0 aromatic carbocycles. The lowest BCUT2D eigenvalue weighted by Crippen LogP contribution is -2.67. The number of allylic oxidation sites excluding steroid dienone is 1. The summed E-state index contributed by atoms with van der Waals surface area (Å²) >= 11 is 0. The number of rotatable bonds is 7. The molecule has 4 aliphatic heterocycles. The zero-order valence-electron chi connectivity index (χ0n) is 19.7. The Hall–Kier alpha value is -2.54. The van der Waals surface area contributed by atoms with Crippen LogP contribution >= 0.6 is 0 Å². The van der Waals surface area contributed by atoms with Crippen LogP contribution in [0.5, 0.6) is 0 Å². The summed E-state index contributed by atoms with van der Waals surface area (Å²) < 4.78 is 28.7. The average molecular weight is 508 g/mol. The summed E-state index contributed by atoms with van der Waals surface area (Å²) in [4.78, 5) is 50.9. The largest absolute Gasteiger partial charge is 0.480 e. The van der Waals surface area contributed by atoms with E-state index in [4.69, 9.17) is 23.7 Å². The molecule has 12 atom stereocenters. The molecular weight excluding hydrogens is 480 g/mol. The highest BCUT2D eigenvalue weighted by Gasteiger charge is 3.03. The molecule has 4 saturated heterocycles. The van der Waals surface area contributed by atoms with Gasteiger partial charge in [-0.3, -0.25) is 4.79 Å². The Labute approximate surface area is 205 Å². The van der Waals surface area contributed by atoms with Crippen molar-refractivity contribution in [1.82, 2.24) is 0 Å². The van der Waals surface area contributed by atoms with Crippen LogP contribution in [0, 0.1) is 28.6 Å². The quantitative estimate of drug-likeness (QED) is 0.224. The van der Waals surface area contributed by atoms with E-state index in [-0.39, 0.29) is 12.3 Å². The number of aliphatic hydroxyl groups excluding tert-OH is 1. The molecule has 0 amide bonds. The lowest BCUT2D eigenvalue weighted by Gasteiger charge is -2.46. The second-order valence-electron chi connectivity index (χ2n) is 10.7. The fourth-order valence-electron chi connectivity index (χ4n) is 8.79. The van der Waals surface area contributed by atoms with Crippen molar-refractivity contribution in [3.05, 3.63) is 12.7 Å². The van der Waals surface area contributed by atoms with Crippen LogP contribution in [-0.2, 0) is 42.9 Å². The number of aliphatic carboxylic acids is 1. The van der Waals surface area contributed by atoms with Gasteiger partial charge in [0.1, 0.15) is 18.8 Å². The van der Waals surface area contributed by atoms with Crippen LogP contribution in [0.15, 0.2) is 12.7 Å². The maximum Gasteiger partial charge on any atom is 0.343 e. The van der Waals surface area contributed by atoms with Crippen molar-refractivity contribution >= 4 is 23.9 Å². The summed E-state index contributed by atoms with van der Waals surface area (Å²) in [5.41, 5.74) is -8.12. The predicted octanol–water partition coefficient (Wildman–Crippen LogP) is -0.704. The van der Waals surface area contributed by atoms with Crippen molar-refractivity contribution < 1.29 is 58.2 Å². The van der Waals surface area contributed by atoms with E-state index in [2.05, 4.69) is 6.58 Å². The Morgan fingerprint density at radius 3 is 2.61 bits per heavy atom. The Kier molecular flexibility index (Phi) is 4.67. The van der Waals surface area contributed by atoms with Gasteiger partial charge in [-0.15, -0.1) is 6.58 Å². The normalized spacial score (nSPS) is 52.2. The first-order valence-electron chi connectivity index (χ1n) is 12.2. The monoisotopic (exact) mass is 508 g/mol. The molecule has 4 unspecified atom stereocenters. The molecule has 6 aliphatic rings. The summed E-state index contributed by atoms with van der Waals surface area (Å²) in [5.74, 6) is -6.21. The van der Waals surface area contributed by atoms with E-state index < -0.39 is 95.1 Å². The first-order chi connectivity index (χ1) is 17.0. The number of carboxylic acids is 1. The molecule has 6 rings (SSSR count). The molecule has 0 radical (unpaired) electrons. The van der Waals surface area contributed by atoms with Crippen LogP contribution in [-0.4, -0.2) is 87.7 Å². The molecule has 2 aliphatic carbocycles. The fourth-order valence-corrected chi connectivity index (χ4v) is 8.79. The third-order valence-electron chi connectivity index (χ3n) is 9.79. The molecule has 0 aromatic rings. The predicted molar refractivity (Wildman–Crippen MR) is 113 cm³/mol. The van der Waals surface area contributed by atoms with E-state index in [0.29, 0.717) is 6.42 Å². The Morgan fingerprint density at radius 1 is 1.25 bits per heavy atom. The van der Waals surface area contributed by atoms with Gasteiger partial charge in [0.15, 0.2) is 17.8 Å². The van der Waals surface area contributed by atoms with Gasteiger partial charge >= 0.3 is 23.9 Å². The number of aliphatic hydroxyl groups is 2.